The van der Waals surface area contributed by atoms with Gasteiger partial charge in [0.25, 0.3) is 0 Å². The van der Waals surface area contributed by atoms with Gasteiger partial charge in [-0.15, -0.1) is 22.0 Å². The summed E-state index contributed by atoms with van der Waals surface area (Å²) in [5, 5.41) is 13.9. The van der Waals surface area contributed by atoms with Gasteiger partial charge in [-0.05, 0) is 37.6 Å². The highest BCUT2D eigenvalue weighted by Crippen LogP contribution is 2.16. The van der Waals surface area contributed by atoms with Crippen molar-refractivity contribution in [2.24, 2.45) is 0 Å². The van der Waals surface area contributed by atoms with E-state index in [0.717, 1.165) is 28.0 Å². The lowest BCUT2D eigenvalue weighted by atomic mass is 10.2. The van der Waals surface area contributed by atoms with Crippen LogP contribution in [0.4, 0.5) is 0 Å². The molecular formula is C18H18N4S. The molecule has 3 rings (SSSR count). The zero-order valence-electron chi connectivity index (χ0n) is 13.2. The smallest absolute Gasteiger partial charge is 0.175 e. The van der Waals surface area contributed by atoms with Crippen LogP contribution in [0.2, 0.25) is 0 Å². The minimum absolute atomic E-state index is 0.750. The van der Waals surface area contributed by atoms with Crippen LogP contribution >= 0.6 is 11.8 Å². The number of rotatable bonds is 5. The molecule has 0 N–H and O–H groups in total. The van der Waals surface area contributed by atoms with Crippen molar-refractivity contribution in [3.8, 4) is 5.82 Å². The molecule has 0 amide bonds. The SMILES string of the molecule is Cc1cc(C)n(-c2ccc(SC/C=C/c3ccccc3)nn2)n1. The molecule has 0 unspecified atom stereocenters. The number of benzene rings is 1. The van der Waals surface area contributed by atoms with E-state index in [-0.39, 0.29) is 0 Å². The van der Waals surface area contributed by atoms with Gasteiger partial charge in [-0.3, -0.25) is 0 Å². The Bertz CT molecular complexity index is 792. The van der Waals surface area contributed by atoms with E-state index in [9.17, 15) is 0 Å². The maximum absolute atomic E-state index is 4.42. The number of thioether (sulfide) groups is 1. The van der Waals surface area contributed by atoms with Crippen LogP contribution in [0.3, 0.4) is 0 Å². The van der Waals surface area contributed by atoms with E-state index in [2.05, 4.69) is 39.6 Å². The topological polar surface area (TPSA) is 43.6 Å². The Morgan fingerprint density at radius 2 is 1.87 bits per heavy atom. The third-order valence-electron chi connectivity index (χ3n) is 3.29. The van der Waals surface area contributed by atoms with Gasteiger partial charge in [0, 0.05) is 11.4 Å². The Morgan fingerprint density at radius 3 is 2.52 bits per heavy atom. The largest absolute Gasteiger partial charge is 0.218 e. The monoisotopic (exact) mass is 322 g/mol. The fourth-order valence-electron chi connectivity index (χ4n) is 2.25. The summed E-state index contributed by atoms with van der Waals surface area (Å²) >= 11 is 1.66. The van der Waals surface area contributed by atoms with Gasteiger partial charge in [-0.1, -0.05) is 42.5 Å². The van der Waals surface area contributed by atoms with Crippen LogP contribution in [0.5, 0.6) is 0 Å². The molecule has 4 nitrogen and oxygen atoms in total. The van der Waals surface area contributed by atoms with Crippen LogP contribution in [-0.4, -0.2) is 25.7 Å². The van der Waals surface area contributed by atoms with Crippen LogP contribution in [0, 0.1) is 13.8 Å². The molecule has 0 aliphatic carbocycles. The van der Waals surface area contributed by atoms with E-state index >= 15 is 0 Å². The van der Waals surface area contributed by atoms with Gasteiger partial charge >= 0.3 is 0 Å². The highest BCUT2D eigenvalue weighted by atomic mass is 32.2. The van der Waals surface area contributed by atoms with Crippen molar-refractivity contribution >= 4 is 17.8 Å². The molecule has 0 saturated heterocycles. The van der Waals surface area contributed by atoms with Crippen molar-refractivity contribution in [3.63, 3.8) is 0 Å². The Kier molecular flexibility index (Phi) is 4.88. The fourth-order valence-corrected chi connectivity index (χ4v) is 2.87. The average Bonchev–Trinajstić information content (AvgIpc) is 2.92. The third-order valence-corrected chi connectivity index (χ3v) is 4.16. The second-order valence-electron chi connectivity index (χ2n) is 5.19. The molecule has 0 fully saturated rings. The van der Waals surface area contributed by atoms with Crippen LogP contribution in [0.1, 0.15) is 17.0 Å². The molecular weight excluding hydrogens is 304 g/mol. The van der Waals surface area contributed by atoms with Crippen LogP contribution in [0.25, 0.3) is 11.9 Å². The molecule has 0 spiro atoms. The first kappa shape index (κ1) is 15.5. The number of hydrogen-bond acceptors (Lipinski definition) is 4. The predicted molar refractivity (Wildman–Crippen MR) is 94.8 cm³/mol. The summed E-state index contributed by atoms with van der Waals surface area (Å²) in [5.74, 6) is 1.61. The standard InChI is InChI=1S/C18H18N4S/c1-14-13-15(2)22(21-14)17-10-11-18(20-19-17)23-12-6-9-16-7-4-3-5-8-16/h3-11,13H,12H2,1-2H3/b9-6+. The molecule has 0 radical (unpaired) electrons. The molecule has 2 heterocycles. The van der Waals surface area contributed by atoms with Crippen LogP contribution < -0.4 is 0 Å². The first-order valence-corrected chi connectivity index (χ1v) is 8.43. The zero-order chi connectivity index (χ0) is 16.1. The van der Waals surface area contributed by atoms with Gasteiger partial charge in [0.15, 0.2) is 5.82 Å². The normalized spacial score (nSPS) is 11.2. The minimum Gasteiger partial charge on any atom is -0.218 e. The van der Waals surface area contributed by atoms with Crippen LogP contribution in [-0.2, 0) is 0 Å². The van der Waals surface area contributed by atoms with Crippen molar-refractivity contribution < 1.29 is 0 Å². The first-order chi connectivity index (χ1) is 11.2. The van der Waals surface area contributed by atoms with E-state index in [0.29, 0.717) is 0 Å². The van der Waals surface area contributed by atoms with Crippen molar-refractivity contribution in [1.29, 1.82) is 0 Å². The zero-order valence-corrected chi connectivity index (χ0v) is 14.0. The summed E-state index contributed by atoms with van der Waals surface area (Å²) < 4.78 is 1.81. The molecule has 0 atom stereocenters. The Balaban J connectivity index is 1.60. The lowest BCUT2D eigenvalue weighted by Crippen LogP contribution is -2.03. The second kappa shape index (κ2) is 7.24. The van der Waals surface area contributed by atoms with Gasteiger partial charge in [0.05, 0.1) is 5.69 Å². The fraction of sp³-hybridized carbons (Fsp3) is 0.167. The Hall–Kier alpha value is -2.40. The van der Waals surface area contributed by atoms with Gasteiger partial charge in [-0.25, -0.2) is 4.68 Å². The van der Waals surface area contributed by atoms with Crippen LogP contribution in [0.15, 0.2) is 59.6 Å². The number of nitrogens with zero attached hydrogens (tertiary/aromatic N) is 4. The summed E-state index contributed by atoms with van der Waals surface area (Å²) in [4.78, 5) is 0. The number of aromatic nitrogens is 4. The Labute approximate surface area is 140 Å². The molecule has 3 aromatic rings. The van der Waals surface area contributed by atoms with E-state index in [4.69, 9.17) is 0 Å². The summed E-state index contributed by atoms with van der Waals surface area (Å²) in [5.41, 5.74) is 3.25. The summed E-state index contributed by atoms with van der Waals surface area (Å²) in [6, 6.07) is 16.2. The summed E-state index contributed by atoms with van der Waals surface area (Å²) in [7, 11) is 0. The number of aryl methyl sites for hydroxylation is 2. The van der Waals surface area contributed by atoms with E-state index < -0.39 is 0 Å². The predicted octanol–water partition coefficient (Wildman–Crippen LogP) is 4.08. The lowest BCUT2D eigenvalue weighted by Gasteiger charge is -2.03. The average molecular weight is 322 g/mol. The number of hydrogen-bond donors (Lipinski definition) is 0. The maximum atomic E-state index is 4.42. The molecule has 1 aromatic carbocycles. The second-order valence-corrected chi connectivity index (χ2v) is 6.23. The van der Waals surface area contributed by atoms with Crippen molar-refractivity contribution in [1.82, 2.24) is 20.0 Å². The molecule has 0 aliphatic heterocycles. The molecule has 116 valence electrons. The molecule has 0 aliphatic rings. The van der Waals surface area contributed by atoms with E-state index in [1.807, 2.05) is 54.9 Å². The molecule has 23 heavy (non-hydrogen) atoms. The molecule has 0 saturated carbocycles. The van der Waals surface area contributed by atoms with E-state index in [1.54, 1.807) is 11.8 Å². The lowest BCUT2D eigenvalue weighted by molar-refractivity contribution is 0.765. The third kappa shape index (κ3) is 4.07. The quantitative estimate of drug-likeness (QED) is 0.664. The van der Waals surface area contributed by atoms with Gasteiger partial charge in [0.2, 0.25) is 0 Å². The highest BCUT2D eigenvalue weighted by Gasteiger charge is 2.05. The van der Waals surface area contributed by atoms with Crippen molar-refractivity contribution in [3.05, 3.63) is 71.6 Å². The van der Waals surface area contributed by atoms with Crippen molar-refractivity contribution in [2.45, 2.75) is 18.9 Å². The molecule has 5 heteroatoms. The van der Waals surface area contributed by atoms with Gasteiger partial charge < -0.3 is 0 Å². The van der Waals surface area contributed by atoms with E-state index in [1.165, 1.54) is 5.56 Å². The van der Waals surface area contributed by atoms with Crippen molar-refractivity contribution in [2.75, 3.05) is 5.75 Å². The maximum Gasteiger partial charge on any atom is 0.175 e. The van der Waals surface area contributed by atoms with Gasteiger partial charge in [0.1, 0.15) is 5.03 Å². The first-order valence-electron chi connectivity index (χ1n) is 7.44. The molecule has 2 aromatic heterocycles. The Morgan fingerprint density at radius 1 is 1.04 bits per heavy atom. The summed E-state index contributed by atoms with van der Waals surface area (Å²) in [6.45, 7) is 3.99. The highest BCUT2D eigenvalue weighted by molar-refractivity contribution is 7.99. The van der Waals surface area contributed by atoms with Gasteiger partial charge in [-0.2, -0.15) is 5.10 Å². The molecule has 0 bridgehead atoms. The summed E-state index contributed by atoms with van der Waals surface area (Å²) in [6.07, 6.45) is 4.25. The minimum atomic E-state index is 0.750.